The standard InChI is InChI=1S/C15H23N3O2/c1-5-13-12(8-18(4)17-13)10-7-14(19)16-15(20)11(10)6-9(2)3/h8-11H,5-7H2,1-4H3,(H,16,19,20). The predicted octanol–water partition coefficient (Wildman–Crippen LogP) is 1.77. The number of piperidine rings is 1. The van der Waals surface area contributed by atoms with E-state index in [1.165, 1.54) is 0 Å². The number of nitrogens with zero attached hydrogens (tertiary/aromatic N) is 2. The molecule has 2 heterocycles. The van der Waals surface area contributed by atoms with Crippen LogP contribution in [-0.2, 0) is 23.1 Å². The topological polar surface area (TPSA) is 64.0 Å². The van der Waals surface area contributed by atoms with Crippen LogP contribution in [0.3, 0.4) is 0 Å². The highest BCUT2D eigenvalue weighted by molar-refractivity contribution is 5.99. The average Bonchev–Trinajstić information content (AvgIpc) is 2.73. The summed E-state index contributed by atoms with van der Waals surface area (Å²) in [6, 6.07) is 0. The zero-order valence-electron chi connectivity index (χ0n) is 12.6. The van der Waals surface area contributed by atoms with E-state index in [4.69, 9.17) is 0 Å². The number of imide groups is 1. The molecule has 0 aliphatic carbocycles. The first-order valence-corrected chi connectivity index (χ1v) is 7.28. The monoisotopic (exact) mass is 277 g/mol. The van der Waals surface area contributed by atoms with Crippen molar-refractivity contribution in [2.45, 2.75) is 46.0 Å². The van der Waals surface area contributed by atoms with E-state index in [0.717, 1.165) is 24.1 Å². The Bertz CT molecular complexity index is 519. The van der Waals surface area contributed by atoms with Gasteiger partial charge in [0.25, 0.3) is 0 Å². The zero-order valence-corrected chi connectivity index (χ0v) is 12.6. The summed E-state index contributed by atoms with van der Waals surface area (Å²) in [5.41, 5.74) is 2.05. The number of aromatic nitrogens is 2. The maximum absolute atomic E-state index is 12.2. The summed E-state index contributed by atoms with van der Waals surface area (Å²) in [6.07, 6.45) is 3.95. The Labute approximate surface area is 119 Å². The highest BCUT2D eigenvalue weighted by atomic mass is 16.2. The molecule has 2 unspecified atom stereocenters. The first-order valence-electron chi connectivity index (χ1n) is 7.28. The van der Waals surface area contributed by atoms with Gasteiger partial charge in [0.05, 0.1) is 5.69 Å². The third-order valence-electron chi connectivity index (χ3n) is 3.89. The summed E-state index contributed by atoms with van der Waals surface area (Å²) >= 11 is 0. The van der Waals surface area contributed by atoms with Crippen molar-refractivity contribution in [1.82, 2.24) is 15.1 Å². The lowest BCUT2D eigenvalue weighted by atomic mass is 9.76. The van der Waals surface area contributed by atoms with Crippen LogP contribution in [0.25, 0.3) is 0 Å². The van der Waals surface area contributed by atoms with Crippen LogP contribution >= 0.6 is 0 Å². The maximum atomic E-state index is 12.2. The number of carbonyl (C=O) groups excluding carboxylic acids is 2. The smallest absolute Gasteiger partial charge is 0.230 e. The SMILES string of the molecule is CCc1nn(C)cc1C1CC(=O)NC(=O)C1CC(C)C. The fraction of sp³-hybridized carbons (Fsp3) is 0.667. The summed E-state index contributed by atoms with van der Waals surface area (Å²) < 4.78 is 1.78. The van der Waals surface area contributed by atoms with Gasteiger partial charge >= 0.3 is 0 Å². The van der Waals surface area contributed by atoms with E-state index in [9.17, 15) is 9.59 Å². The Morgan fingerprint density at radius 2 is 2.15 bits per heavy atom. The normalized spacial score (nSPS) is 23.2. The van der Waals surface area contributed by atoms with E-state index in [-0.39, 0.29) is 23.7 Å². The molecule has 1 saturated heterocycles. The summed E-state index contributed by atoms with van der Waals surface area (Å²) in [7, 11) is 1.88. The van der Waals surface area contributed by atoms with Crippen LogP contribution in [0.5, 0.6) is 0 Å². The van der Waals surface area contributed by atoms with Gasteiger partial charge in [0.1, 0.15) is 0 Å². The van der Waals surface area contributed by atoms with Gasteiger partial charge in [-0.3, -0.25) is 19.6 Å². The van der Waals surface area contributed by atoms with Crippen molar-refractivity contribution < 1.29 is 9.59 Å². The van der Waals surface area contributed by atoms with Crippen molar-refractivity contribution in [2.75, 3.05) is 0 Å². The number of carbonyl (C=O) groups is 2. The minimum atomic E-state index is -0.175. The molecule has 0 radical (unpaired) electrons. The molecular formula is C15H23N3O2. The molecule has 1 aliphatic heterocycles. The Hall–Kier alpha value is -1.65. The predicted molar refractivity (Wildman–Crippen MR) is 76.0 cm³/mol. The van der Waals surface area contributed by atoms with E-state index in [2.05, 4.69) is 24.3 Å². The molecule has 1 N–H and O–H groups in total. The molecule has 0 spiro atoms. The van der Waals surface area contributed by atoms with Crippen molar-refractivity contribution >= 4 is 11.8 Å². The number of hydrogen-bond acceptors (Lipinski definition) is 3. The van der Waals surface area contributed by atoms with E-state index < -0.39 is 0 Å². The maximum Gasteiger partial charge on any atom is 0.230 e. The van der Waals surface area contributed by atoms with Gasteiger partial charge < -0.3 is 0 Å². The molecule has 2 amide bonds. The van der Waals surface area contributed by atoms with Crippen molar-refractivity contribution in [3.05, 3.63) is 17.5 Å². The molecule has 2 rings (SSSR count). The Balaban J connectivity index is 2.37. The van der Waals surface area contributed by atoms with Gasteiger partial charge in [-0.2, -0.15) is 5.10 Å². The second-order valence-corrected chi connectivity index (χ2v) is 6.02. The number of aryl methyl sites for hydroxylation is 2. The number of amides is 2. The van der Waals surface area contributed by atoms with Gasteiger partial charge in [-0.1, -0.05) is 20.8 Å². The quantitative estimate of drug-likeness (QED) is 0.853. The average molecular weight is 277 g/mol. The summed E-state index contributed by atoms with van der Waals surface area (Å²) in [4.78, 5) is 23.9. The van der Waals surface area contributed by atoms with Gasteiger partial charge in [0, 0.05) is 31.5 Å². The molecule has 1 fully saturated rings. The summed E-state index contributed by atoms with van der Waals surface area (Å²) in [6.45, 7) is 6.25. The van der Waals surface area contributed by atoms with Gasteiger partial charge in [0.2, 0.25) is 11.8 Å². The second kappa shape index (κ2) is 5.77. The van der Waals surface area contributed by atoms with Gasteiger partial charge in [-0.05, 0) is 24.3 Å². The van der Waals surface area contributed by atoms with E-state index in [1.54, 1.807) is 4.68 Å². The van der Waals surface area contributed by atoms with Crippen LogP contribution in [0.1, 0.15) is 50.8 Å². The molecule has 0 aromatic carbocycles. The Morgan fingerprint density at radius 3 is 2.75 bits per heavy atom. The highest BCUT2D eigenvalue weighted by Crippen LogP contribution is 2.36. The van der Waals surface area contributed by atoms with Crippen molar-refractivity contribution in [2.24, 2.45) is 18.9 Å². The highest BCUT2D eigenvalue weighted by Gasteiger charge is 2.38. The lowest BCUT2D eigenvalue weighted by molar-refractivity contribution is -0.137. The number of hydrogen-bond donors (Lipinski definition) is 1. The molecule has 5 heteroatoms. The first kappa shape index (κ1) is 14.8. The Morgan fingerprint density at radius 1 is 1.45 bits per heavy atom. The van der Waals surface area contributed by atoms with Gasteiger partial charge in [-0.25, -0.2) is 0 Å². The lowest BCUT2D eigenvalue weighted by Gasteiger charge is -2.31. The molecule has 1 aromatic heterocycles. The van der Waals surface area contributed by atoms with Crippen molar-refractivity contribution in [3.63, 3.8) is 0 Å². The third kappa shape index (κ3) is 2.92. The van der Waals surface area contributed by atoms with Crippen molar-refractivity contribution in [1.29, 1.82) is 0 Å². The van der Waals surface area contributed by atoms with E-state index in [1.807, 2.05) is 20.2 Å². The molecule has 5 nitrogen and oxygen atoms in total. The van der Waals surface area contributed by atoms with Crippen molar-refractivity contribution in [3.8, 4) is 0 Å². The fourth-order valence-electron chi connectivity index (χ4n) is 3.05. The summed E-state index contributed by atoms with van der Waals surface area (Å²) in [5.74, 6) is -0.0653. The lowest BCUT2D eigenvalue weighted by Crippen LogP contribution is -2.45. The molecule has 1 aromatic rings. The zero-order chi connectivity index (χ0) is 14.9. The minimum absolute atomic E-state index is 0.0395. The van der Waals surface area contributed by atoms with E-state index >= 15 is 0 Å². The number of nitrogens with one attached hydrogen (secondary N) is 1. The number of rotatable bonds is 4. The first-order chi connectivity index (χ1) is 9.42. The van der Waals surface area contributed by atoms with Crippen LogP contribution in [0, 0.1) is 11.8 Å². The van der Waals surface area contributed by atoms with Crippen LogP contribution in [-0.4, -0.2) is 21.6 Å². The molecule has 110 valence electrons. The van der Waals surface area contributed by atoms with Gasteiger partial charge in [0.15, 0.2) is 0 Å². The summed E-state index contributed by atoms with van der Waals surface area (Å²) in [5, 5.41) is 6.92. The third-order valence-corrected chi connectivity index (χ3v) is 3.89. The Kier molecular flexibility index (Phi) is 4.26. The van der Waals surface area contributed by atoms with Gasteiger partial charge in [-0.15, -0.1) is 0 Å². The fourth-order valence-corrected chi connectivity index (χ4v) is 3.05. The van der Waals surface area contributed by atoms with Crippen LogP contribution in [0.4, 0.5) is 0 Å². The molecule has 0 saturated carbocycles. The molecule has 1 aliphatic rings. The molecular weight excluding hydrogens is 254 g/mol. The molecule has 2 atom stereocenters. The van der Waals surface area contributed by atoms with E-state index in [0.29, 0.717) is 12.3 Å². The molecule has 0 bridgehead atoms. The van der Waals surface area contributed by atoms with Crippen LogP contribution in [0.2, 0.25) is 0 Å². The second-order valence-electron chi connectivity index (χ2n) is 6.02. The van der Waals surface area contributed by atoms with Crippen LogP contribution < -0.4 is 5.32 Å². The largest absolute Gasteiger partial charge is 0.296 e. The minimum Gasteiger partial charge on any atom is -0.296 e. The van der Waals surface area contributed by atoms with Crippen LogP contribution in [0.15, 0.2) is 6.20 Å². The molecule has 20 heavy (non-hydrogen) atoms.